The number of likely N-dealkylation sites (N-methyl/N-ethyl adjacent to an activating group) is 4. The summed E-state index contributed by atoms with van der Waals surface area (Å²) in [4.78, 5) is 117. The minimum atomic E-state index is -1.15. The van der Waals surface area contributed by atoms with Gasteiger partial charge in [0.05, 0.1) is 11.8 Å². The van der Waals surface area contributed by atoms with Gasteiger partial charge in [-0.15, -0.1) is 0 Å². The van der Waals surface area contributed by atoms with Crippen molar-refractivity contribution in [3.63, 3.8) is 0 Å². The van der Waals surface area contributed by atoms with Crippen LogP contribution >= 0.6 is 0 Å². The number of nitrogens with one attached hydrogen (secondary N) is 5. The molecule has 0 spiro atoms. The number of rotatable bonds is 45. The second-order valence-corrected chi connectivity index (χ2v) is 19.9. The first-order valence-electron chi connectivity index (χ1n) is 26.4. The number of carbonyl (C=O) groups excluding carboxylic acids is 8. The lowest BCUT2D eigenvalue weighted by Gasteiger charge is -2.22. The third kappa shape index (κ3) is 35.9. The zero-order valence-corrected chi connectivity index (χ0v) is 45.1. The molecule has 0 rings (SSSR count). The topological polar surface area (TPSA) is 210 Å². The van der Waals surface area contributed by atoms with Crippen molar-refractivity contribution in [2.24, 2.45) is 23.7 Å². The van der Waals surface area contributed by atoms with Crippen LogP contribution in [0.3, 0.4) is 0 Å². The molecule has 0 saturated carbocycles. The Hall–Kier alpha value is -3.80. The Labute approximate surface area is 417 Å². The van der Waals surface area contributed by atoms with Gasteiger partial charge >= 0.3 is 0 Å². The van der Waals surface area contributed by atoms with Crippen LogP contribution in [0.25, 0.3) is 0 Å². The summed E-state index contributed by atoms with van der Waals surface area (Å²) in [6.07, 6.45) is 8.64. The lowest BCUT2D eigenvalue weighted by atomic mass is 9.83. The monoisotopic (exact) mass is 978 g/mol. The zero-order chi connectivity index (χ0) is 52.0. The maximum absolute atomic E-state index is 14.3. The lowest BCUT2D eigenvalue weighted by Crippen LogP contribution is -2.39. The first kappa shape index (κ1) is 65.2. The first-order chi connectivity index (χ1) is 32.8. The summed E-state index contributed by atoms with van der Waals surface area (Å²) in [7, 11) is 12.0. The summed E-state index contributed by atoms with van der Waals surface area (Å²) in [5.41, 5.74) is 0. The molecule has 0 heterocycles. The summed E-state index contributed by atoms with van der Waals surface area (Å²) in [6, 6.07) is 0. The normalized spacial score (nSPS) is 13.2. The Morgan fingerprint density at radius 1 is 0.362 bits per heavy atom. The quantitative estimate of drug-likeness (QED) is 0.0544. The maximum Gasteiger partial charge on any atom is 0.224 e. The van der Waals surface area contributed by atoms with Crippen LogP contribution in [0.4, 0.5) is 0 Å². The van der Waals surface area contributed by atoms with Gasteiger partial charge in [0.25, 0.3) is 0 Å². The summed E-state index contributed by atoms with van der Waals surface area (Å²) in [5, 5.41) is 14.5. The van der Waals surface area contributed by atoms with E-state index in [1.807, 2.05) is 49.2 Å². The Balaban J connectivity index is 6.36. The average molecular weight is 978 g/mol. The zero-order valence-electron chi connectivity index (χ0n) is 45.1. The summed E-state index contributed by atoms with van der Waals surface area (Å²) < 4.78 is 0. The summed E-state index contributed by atoms with van der Waals surface area (Å²) in [5.74, 6) is -7.10. The molecule has 5 N–H and O–H groups in total. The highest BCUT2D eigenvalue weighted by Gasteiger charge is 2.33. The molecule has 5 amide bonds. The molecule has 4 atom stereocenters. The Morgan fingerprint density at radius 2 is 0.739 bits per heavy atom. The number of nitrogens with zero attached hydrogens (tertiary/aromatic N) is 4. The average Bonchev–Trinajstić information content (AvgIpc) is 3.29. The fourth-order valence-corrected chi connectivity index (χ4v) is 7.74. The van der Waals surface area contributed by atoms with Crippen LogP contribution in [0.5, 0.6) is 0 Å². The molecule has 17 heteroatoms. The number of ketones is 3. The van der Waals surface area contributed by atoms with E-state index in [-0.39, 0.29) is 56.1 Å². The van der Waals surface area contributed by atoms with Crippen molar-refractivity contribution in [1.82, 2.24) is 46.2 Å². The van der Waals surface area contributed by atoms with Crippen molar-refractivity contribution in [3.8, 4) is 0 Å². The van der Waals surface area contributed by atoms with E-state index >= 15 is 0 Å². The van der Waals surface area contributed by atoms with Gasteiger partial charge in [0, 0.05) is 116 Å². The largest absolute Gasteiger partial charge is 0.356 e. The van der Waals surface area contributed by atoms with Gasteiger partial charge in [0.2, 0.25) is 29.5 Å². The molecule has 0 aliphatic rings. The number of amides is 5. The lowest BCUT2D eigenvalue weighted by molar-refractivity contribution is -0.137. The molecule has 0 bridgehead atoms. The summed E-state index contributed by atoms with van der Waals surface area (Å²) >= 11 is 0. The second-order valence-electron chi connectivity index (χ2n) is 19.9. The van der Waals surface area contributed by atoms with Crippen LogP contribution < -0.4 is 26.6 Å². The molecule has 17 nitrogen and oxygen atoms in total. The van der Waals surface area contributed by atoms with Crippen molar-refractivity contribution in [1.29, 1.82) is 0 Å². The van der Waals surface area contributed by atoms with Crippen LogP contribution in [-0.2, 0) is 38.4 Å². The van der Waals surface area contributed by atoms with E-state index in [0.29, 0.717) is 52.1 Å². The van der Waals surface area contributed by atoms with Gasteiger partial charge in [-0.3, -0.25) is 38.4 Å². The third-order valence-corrected chi connectivity index (χ3v) is 12.3. The van der Waals surface area contributed by atoms with Crippen LogP contribution in [0, 0.1) is 23.7 Å². The van der Waals surface area contributed by atoms with E-state index in [1.165, 1.54) is 0 Å². The van der Waals surface area contributed by atoms with E-state index in [0.717, 1.165) is 96.9 Å². The van der Waals surface area contributed by atoms with Crippen LogP contribution in [0.2, 0.25) is 0 Å². The van der Waals surface area contributed by atoms with E-state index in [9.17, 15) is 38.4 Å². The van der Waals surface area contributed by atoms with E-state index < -0.39 is 59.4 Å². The van der Waals surface area contributed by atoms with Crippen LogP contribution in [0.15, 0.2) is 0 Å². The highest BCUT2D eigenvalue weighted by molar-refractivity contribution is 5.97. The number of hydrogen-bond donors (Lipinski definition) is 5. The highest BCUT2D eigenvalue weighted by Crippen LogP contribution is 2.23. The van der Waals surface area contributed by atoms with Gasteiger partial charge in [-0.05, 0) is 87.5 Å². The van der Waals surface area contributed by atoms with Gasteiger partial charge in [-0.1, -0.05) is 72.6 Å². The molecule has 4 unspecified atom stereocenters. The Kier molecular flexibility index (Phi) is 38.6. The molecule has 0 radical (unpaired) electrons. The van der Waals surface area contributed by atoms with E-state index in [1.54, 1.807) is 6.92 Å². The van der Waals surface area contributed by atoms with Crippen molar-refractivity contribution in [2.45, 2.75) is 150 Å². The minimum Gasteiger partial charge on any atom is -0.356 e. The number of carbonyl (C=O) groups is 8. The molecule has 0 aliphatic heterocycles. The molecular weight excluding hydrogens is 879 g/mol. The number of hydrogen-bond acceptors (Lipinski definition) is 12. The van der Waals surface area contributed by atoms with Crippen molar-refractivity contribution in [3.05, 3.63) is 0 Å². The number of Topliss-reactive ketones (excluding diaryl/α,β-unsaturated/α-hetero) is 3. The van der Waals surface area contributed by atoms with Crippen LogP contribution in [0.1, 0.15) is 150 Å². The smallest absolute Gasteiger partial charge is 0.224 e. The molecule has 0 aromatic heterocycles. The highest BCUT2D eigenvalue weighted by atomic mass is 16.2. The molecule has 0 saturated heterocycles. The second kappa shape index (κ2) is 40.9. The first-order valence-corrected chi connectivity index (χ1v) is 26.4. The molecule has 0 aromatic rings. The standard InChI is InChI=1S/C52H99N9O8/c1-11-14-17-19-24-53-48(65)39-42(35-45(62)34-41(4)50(67)55-25-20-18-15-12-2)47(64)38-43(51(68)57-27-22-29-61(10)33-31-59(7)8)36-46(63)37-44(52(69)56-23-16-13-3)40-49(66)54-26-21-28-60(9)32-30-58(5)6/h41-44H,11-40H2,1-10H3,(H,53,65)(H,54,66)(H,55,67)(H,56,69)(H,57,68). The SMILES string of the molecule is CCCCCCNC(=O)CC(CC(=O)CC(C)C(=O)NCCCCCC)C(=O)CC(CC(=O)CC(CC(=O)NCCCN(C)CCN(C)C)C(=O)NCCCC)C(=O)NCCCN(C)CCN(C)C. The van der Waals surface area contributed by atoms with Gasteiger partial charge in [0.1, 0.15) is 17.3 Å². The van der Waals surface area contributed by atoms with Crippen molar-refractivity contribution >= 4 is 46.9 Å². The predicted molar refractivity (Wildman–Crippen MR) is 277 cm³/mol. The van der Waals surface area contributed by atoms with Gasteiger partial charge < -0.3 is 46.2 Å². The molecule has 0 aliphatic carbocycles. The molecular formula is C52H99N9O8. The molecule has 69 heavy (non-hydrogen) atoms. The molecule has 0 fully saturated rings. The molecule has 400 valence electrons. The Morgan fingerprint density at radius 3 is 1.22 bits per heavy atom. The van der Waals surface area contributed by atoms with Crippen molar-refractivity contribution < 1.29 is 38.4 Å². The van der Waals surface area contributed by atoms with E-state index in [4.69, 9.17) is 0 Å². The summed E-state index contributed by atoms with van der Waals surface area (Å²) in [6.45, 7) is 14.9. The fourth-order valence-electron chi connectivity index (χ4n) is 7.74. The Bertz CT molecular complexity index is 1480. The van der Waals surface area contributed by atoms with Crippen LogP contribution in [-0.4, -0.2) is 181 Å². The maximum atomic E-state index is 14.3. The van der Waals surface area contributed by atoms with Gasteiger partial charge in [0.15, 0.2) is 0 Å². The van der Waals surface area contributed by atoms with E-state index in [2.05, 4.69) is 60.0 Å². The number of unbranched alkanes of at least 4 members (excludes halogenated alkanes) is 7. The fraction of sp³-hybridized carbons (Fsp3) is 0.846. The third-order valence-electron chi connectivity index (χ3n) is 12.3. The van der Waals surface area contributed by atoms with Crippen molar-refractivity contribution in [2.75, 3.05) is 114 Å². The van der Waals surface area contributed by atoms with Gasteiger partial charge in [-0.2, -0.15) is 0 Å². The van der Waals surface area contributed by atoms with Gasteiger partial charge in [-0.25, -0.2) is 0 Å². The predicted octanol–water partition coefficient (Wildman–Crippen LogP) is 4.22. The minimum absolute atomic E-state index is 0.113. The molecule has 0 aromatic carbocycles.